The van der Waals surface area contributed by atoms with E-state index in [1.807, 2.05) is 80.6 Å². The molecule has 0 aliphatic carbocycles. The third-order valence-electron chi connectivity index (χ3n) is 7.83. The van der Waals surface area contributed by atoms with E-state index in [0.29, 0.717) is 37.3 Å². The van der Waals surface area contributed by atoms with Gasteiger partial charge in [0.2, 0.25) is 11.8 Å². The monoisotopic (exact) mass is 647 g/mol. The third-order valence-corrected chi connectivity index (χ3v) is 8.61. The number of carbonyl (C=O) groups excluding carboxylic acids is 2. The minimum Gasteiger partial charge on any atom is -0.455 e. The van der Waals surface area contributed by atoms with Crippen molar-refractivity contribution in [1.29, 1.82) is 0 Å². The number of β-amino-alcohol motifs (C(OH)–C–C–N with tert-alkyl or cyclic N) is 1. The highest BCUT2D eigenvalue weighted by Crippen LogP contribution is 2.40. The predicted molar refractivity (Wildman–Crippen MR) is 172 cm³/mol. The molecule has 5 rings (SSSR count). The summed E-state index contributed by atoms with van der Waals surface area (Å²) >= 11 is 3.72. The van der Waals surface area contributed by atoms with E-state index in [2.05, 4.69) is 26.6 Å². The molecule has 2 atom stereocenters. The number of para-hydroxylation sites is 1. The Kier molecular flexibility index (Phi) is 9.36. The summed E-state index contributed by atoms with van der Waals surface area (Å²) in [4.78, 5) is 28.9. The Morgan fingerprint density at radius 3 is 2.65 bits per heavy atom. The molecular formula is C34H38BrN3O5. The van der Waals surface area contributed by atoms with Crippen LogP contribution in [0.2, 0.25) is 0 Å². The largest absolute Gasteiger partial charge is 0.455 e. The van der Waals surface area contributed by atoms with Crippen LogP contribution in [0, 0.1) is 0 Å². The summed E-state index contributed by atoms with van der Waals surface area (Å²) in [6.45, 7) is 6.10. The number of nitrogens with one attached hydrogen (secondary N) is 2. The van der Waals surface area contributed by atoms with E-state index in [0.717, 1.165) is 37.8 Å². The number of carbonyl (C=O) groups is 2. The molecule has 0 saturated heterocycles. The van der Waals surface area contributed by atoms with E-state index in [4.69, 9.17) is 4.42 Å². The number of benzene rings is 3. The molecule has 3 aromatic carbocycles. The fourth-order valence-electron chi connectivity index (χ4n) is 5.59. The number of fused-ring (bicyclic) bond motifs is 2. The minimum absolute atomic E-state index is 0.102. The molecule has 1 aromatic heterocycles. The van der Waals surface area contributed by atoms with Crippen LogP contribution < -0.4 is 15.5 Å². The van der Waals surface area contributed by atoms with Gasteiger partial charge >= 0.3 is 0 Å². The van der Waals surface area contributed by atoms with Crippen molar-refractivity contribution in [1.82, 2.24) is 10.6 Å². The van der Waals surface area contributed by atoms with Crippen LogP contribution in [0.5, 0.6) is 0 Å². The maximum atomic E-state index is 14.0. The van der Waals surface area contributed by atoms with E-state index < -0.39 is 17.7 Å². The number of aliphatic hydroxyl groups is 2. The number of nitrogens with zero attached hydrogens (tertiary/aromatic N) is 1. The van der Waals surface area contributed by atoms with E-state index in [-0.39, 0.29) is 24.8 Å². The molecule has 43 heavy (non-hydrogen) atoms. The zero-order chi connectivity index (χ0) is 30.7. The molecular weight excluding hydrogens is 610 g/mol. The quantitative estimate of drug-likeness (QED) is 0.182. The molecule has 1 aliphatic heterocycles. The van der Waals surface area contributed by atoms with Gasteiger partial charge in [-0.1, -0.05) is 48.5 Å². The summed E-state index contributed by atoms with van der Waals surface area (Å²) in [5, 5.41) is 26.6. The van der Waals surface area contributed by atoms with Gasteiger partial charge in [-0.15, -0.1) is 0 Å². The summed E-state index contributed by atoms with van der Waals surface area (Å²) < 4.78 is 6.98. The van der Waals surface area contributed by atoms with Crippen molar-refractivity contribution in [3.63, 3.8) is 0 Å². The molecule has 9 heteroatoms. The molecule has 8 nitrogen and oxygen atoms in total. The van der Waals surface area contributed by atoms with Gasteiger partial charge in [0.05, 0.1) is 23.7 Å². The average molecular weight is 649 g/mol. The molecule has 4 N–H and O–H groups in total. The van der Waals surface area contributed by atoms with Gasteiger partial charge in [-0.05, 0) is 84.4 Å². The number of hydrogen-bond donors (Lipinski definition) is 4. The molecule has 0 radical (unpaired) electrons. The zero-order valence-electron chi connectivity index (χ0n) is 24.7. The van der Waals surface area contributed by atoms with Crippen molar-refractivity contribution in [2.75, 3.05) is 11.4 Å². The molecule has 0 fully saturated rings. The second-order valence-corrected chi connectivity index (χ2v) is 12.7. The van der Waals surface area contributed by atoms with E-state index >= 15 is 0 Å². The number of rotatable bonds is 10. The van der Waals surface area contributed by atoms with Crippen LogP contribution >= 0.6 is 15.9 Å². The van der Waals surface area contributed by atoms with Crippen molar-refractivity contribution in [2.45, 2.75) is 70.9 Å². The van der Waals surface area contributed by atoms with Gasteiger partial charge < -0.3 is 30.2 Å². The third kappa shape index (κ3) is 7.02. The SMILES string of the molecule is C[C@@H](O)CNC(C)(C)CC(=O)N[C@@H]1CCc2ccccc2N(Cc2ccc3oc(-c4ccccc4CO)c(Br)c3c2)C1=O. The van der Waals surface area contributed by atoms with E-state index in [9.17, 15) is 19.8 Å². The number of aliphatic hydroxyl groups excluding tert-OH is 2. The van der Waals surface area contributed by atoms with Crippen LogP contribution in [0.25, 0.3) is 22.3 Å². The molecule has 4 aromatic rings. The predicted octanol–water partition coefficient (Wildman–Crippen LogP) is 5.46. The lowest BCUT2D eigenvalue weighted by Crippen LogP contribution is -2.51. The fraction of sp³-hybridized carbons (Fsp3) is 0.353. The van der Waals surface area contributed by atoms with Crippen LogP contribution in [0.15, 0.2) is 75.6 Å². The second kappa shape index (κ2) is 13.0. The van der Waals surface area contributed by atoms with Crippen molar-refractivity contribution in [3.05, 3.63) is 87.9 Å². The summed E-state index contributed by atoms with van der Waals surface area (Å²) in [5.74, 6) is 0.269. The van der Waals surface area contributed by atoms with Crippen molar-refractivity contribution >= 4 is 44.4 Å². The summed E-state index contributed by atoms with van der Waals surface area (Å²) in [6, 6.07) is 20.6. The number of amides is 2. The van der Waals surface area contributed by atoms with E-state index in [1.165, 1.54) is 0 Å². The standard InChI is InChI=1S/C34H38BrN3O5/c1-21(40)18-36-34(2,3)17-30(41)37-27-14-13-23-8-5-7-11-28(23)38(33(27)42)19-22-12-15-29-26(16-22)31(35)32(43-29)25-10-6-4-9-24(25)20-39/h4-12,15-16,21,27,36,39-40H,13-14,17-20H2,1-3H3,(H,37,41)/t21-,27-/m1/s1. The Morgan fingerprint density at radius 1 is 1.14 bits per heavy atom. The van der Waals surface area contributed by atoms with Crippen LogP contribution in [0.3, 0.4) is 0 Å². The first-order chi connectivity index (χ1) is 20.6. The Hall–Kier alpha value is -3.50. The number of anilines is 1. The summed E-state index contributed by atoms with van der Waals surface area (Å²) in [6.07, 6.45) is 0.804. The first kappa shape index (κ1) is 30.9. The van der Waals surface area contributed by atoms with Crippen LogP contribution in [-0.4, -0.2) is 46.3 Å². The van der Waals surface area contributed by atoms with Gasteiger partial charge in [0.1, 0.15) is 17.4 Å². The Bertz CT molecular complexity index is 1630. The van der Waals surface area contributed by atoms with Crippen molar-refractivity contribution in [3.8, 4) is 11.3 Å². The highest BCUT2D eigenvalue weighted by Gasteiger charge is 2.33. The van der Waals surface area contributed by atoms with Crippen molar-refractivity contribution < 1.29 is 24.2 Å². The lowest BCUT2D eigenvalue weighted by atomic mass is 9.99. The van der Waals surface area contributed by atoms with Crippen LogP contribution in [0.1, 0.15) is 50.3 Å². The number of halogens is 1. The Morgan fingerprint density at radius 2 is 1.88 bits per heavy atom. The molecule has 2 amide bonds. The molecule has 0 unspecified atom stereocenters. The number of hydrogen-bond acceptors (Lipinski definition) is 6. The molecule has 0 saturated carbocycles. The first-order valence-corrected chi connectivity index (χ1v) is 15.4. The van der Waals surface area contributed by atoms with Gasteiger partial charge in [0.25, 0.3) is 0 Å². The molecule has 226 valence electrons. The fourth-order valence-corrected chi connectivity index (χ4v) is 6.20. The van der Waals surface area contributed by atoms with Gasteiger partial charge in [0.15, 0.2) is 0 Å². The van der Waals surface area contributed by atoms with E-state index in [1.54, 1.807) is 11.8 Å². The normalized spacial score (nSPS) is 16.2. The zero-order valence-corrected chi connectivity index (χ0v) is 26.3. The van der Waals surface area contributed by atoms with Gasteiger partial charge in [-0.25, -0.2) is 0 Å². The first-order valence-electron chi connectivity index (χ1n) is 14.6. The highest BCUT2D eigenvalue weighted by molar-refractivity contribution is 9.10. The molecule has 1 aliphatic rings. The molecule has 2 heterocycles. The number of furan rings is 1. The maximum absolute atomic E-state index is 14.0. The number of aryl methyl sites for hydroxylation is 1. The summed E-state index contributed by atoms with van der Waals surface area (Å²) in [7, 11) is 0. The smallest absolute Gasteiger partial charge is 0.249 e. The van der Waals surface area contributed by atoms with Gasteiger partial charge in [-0.3, -0.25) is 9.59 Å². The second-order valence-electron chi connectivity index (χ2n) is 11.9. The van der Waals surface area contributed by atoms with Gasteiger partial charge in [-0.2, -0.15) is 0 Å². The minimum atomic E-state index is -0.668. The van der Waals surface area contributed by atoms with Gasteiger partial charge in [0, 0.05) is 35.1 Å². The maximum Gasteiger partial charge on any atom is 0.249 e. The summed E-state index contributed by atoms with van der Waals surface area (Å²) in [5.41, 5.74) is 4.54. The Balaban J connectivity index is 1.41. The lowest BCUT2D eigenvalue weighted by Gasteiger charge is -2.29. The molecule has 0 bridgehead atoms. The lowest BCUT2D eigenvalue weighted by molar-refractivity contribution is -0.128. The average Bonchev–Trinajstić information content (AvgIpc) is 3.25. The van der Waals surface area contributed by atoms with Crippen LogP contribution in [-0.2, 0) is 29.2 Å². The molecule has 0 spiro atoms. The highest BCUT2D eigenvalue weighted by atomic mass is 79.9. The van der Waals surface area contributed by atoms with Crippen molar-refractivity contribution in [2.24, 2.45) is 0 Å². The topological polar surface area (TPSA) is 115 Å². The Labute approximate surface area is 260 Å². The van der Waals surface area contributed by atoms with Crippen LogP contribution in [0.4, 0.5) is 5.69 Å².